The third kappa shape index (κ3) is 5.08. The van der Waals surface area contributed by atoms with Crippen molar-refractivity contribution in [2.24, 2.45) is 4.74 Å². The van der Waals surface area contributed by atoms with E-state index >= 15 is 8.78 Å². The lowest BCUT2D eigenvalue weighted by Gasteiger charge is -2.41. The van der Waals surface area contributed by atoms with Crippen LogP contribution in [-0.4, -0.2) is 50.0 Å². The normalized spacial score (nSPS) is 23.8. The zero-order chi connectivity index (χ0) is 28.8. The van der Waals surface area contributed by atoms with E-state index < -0.39 is 67.6 Å². The van der Waals surface area contributed by atoms with Gasteiger partial charge in [-0.2, -0.15) is 4.39 Å². The minimum atomic E-state index is -3.73. The number of halogens is 3. The quantitative estimate of drug-likeness (QED) is 0.249. The Labute approximate surface area is 227 Å². The van der Waals surface area contributed by atoms with Gasteiger partial charge >= 0.3 is 25.7 Å². The molecule has 3 aromatic rings. The predicted molar refractivity (Wildman–Crippen MR) is 135 cm³/mol. The number of ether oxygens (including phenoxy) is 2. The van der Waals surface area contributed by atoms with Crippen molar-refractivity contribution >= 4 is 40.8 Å². The Kier molecular flexibility index (Phi) is 7.67. The Hall–Kier alpha value is -3.23. The van der Waals surface area contributed by atoms with Gasteiger partial charge in [-0.3, -0.25) is 18.9 Å². The summed E-state index contributed by atoms with van der Waals surface area (Å²) in [7, 11) is -3.00. The average Bonchev–Trinajstić information content (AvgIpc) is 3.19. The fourth-order valence-electron chi connectivity index (χ4n) is 4.04. The van der Waals surface area contributed by atoms with Crippen LogP contribution in [0.25, 0.3) is 10.8 Å². The number of carbonyl (C=O) groups is 1. The van der Waals surface area contributed by atoms with Gasteiger partial charge in [-0.05, 0) is 34.3 Å². The molecule has 1 aliphatic heterocycles. The summed E-state index contributed by atoms with van der Waals surface area (Å²) in [6, 6.07) is 7.76. The SMILES string of the molecule is C[C@H](N=[P+]([O-])Oc1c(O[C@](C)(O)[C@@]2(F)OCC[C@@]2(F)n2cc(Br)c(=O)[nH]c2=O)ccc2ccccc12)C(=O)O. The summed E-state index contributed by atoms with van der Waals surface area (Å²) in [5, 5.41) is 21.0. The molecule has 16 heteroatoms. The lowest BCUT2D eigenvalue weighted by atomic mass is 9.96. The number of hydrogen-bond acceptors (Lipinski definition) is 9. The van der Waals surface area contributed by atoms with Crippen molar-refractivity contribution in [1.82, 2.24) is 9.55 Å². The van der Waals surface area contributed by atoms with Gasteiger partial charge in [0.05, 0.1) is 11.1 Å². The van der Waals surface area contributed by atoms with Crippen molar-refractivity contribution in [2.75, 3.05) is 6.61 Å². The third-order valence-corrected chi connectivity index (χ3v) is 7.49. The molecule has 39 heavy (non-hydrogen) atoms. The van der Waals surface area contributed by atoms with Gasteiger partial charge in [-0.15, -0.1) is 0 Å². The molecule has 2 aromatic carbocycles. The van der Waals surface area contributed by atoms with Crippen molar-refractivity contribution in [2.45, 2.75) is 43.7 Å². The van der Waals surface area contributed by atoms with E-state index in [4.69, 9.17) is 19.1 Å². The summed E-state index contributed by atoms with van der Waals surface area (Å²) in [5.74, 6) is -12.4. The third-order valence-electron chi connectivity index (χ3n) is 6.05. The average molecular weight is 632 g/mol. The maximum absolute atomic E-state index is 16.5. The minimum absolute atomic E-state index is 0.240. The van der Waals surface area contributed by atoms with Crippen LogP contribution in [0.1, 0.15) is 20.3 Å². The van der Waals surface area contributed by atoms with E-state index in [1.54, 1.807) is 18.2 Å². The Bertz CT molecular complexity index is 1600. The van der Waals surface area contributed by atoms with Crippen LogP contribution in [0.15, 0.2) is 61.4 Å². The molecule has 1 unspecified atom stereocenters. The van der Waals surface area contributed by atoms with E-state index in [9.17, 15) is 24.4 Å². The lowest BCUT2D eigenvalue weighted by Crippen LogP contribution is -2.65. The zero-order valence-electron chi connectivity index (χ0n) is 20.3. The highest BCUT2D eigenvalue weighted by atomic mass is 79.9. The first-order valence-electron chi connectivity index (χ1n) is 11.3. The van der Waals surface area contributed by atoms with Gasteiger partial charge in [-0.25, -0.2) is 14.0 Å². The number of hydrogen-bond donors (Lipinski definition) is 3. The summed E-state index contributed by atoms with van der Waals surface area (Å²) in [5.41, 5.74) is -2.20. The smallest absolute Gasteiger partial charge is 0.395 e. The summed E-state index contributed by atoms with van der Waals surface area (Å²) >= 11 is 2.86. The number of alkyl halides is 2. The van der Waals surface area contributed by atoms with Crippen LogP contribution in [-0.2, 0) is 15.3 Å². The number of nitrogens with one attached hydrogen (secondary N) is 1. The predicted octanol–water partition coefficient (Wildman–Crippen LogP) is 2.66. The van der Waals surface area contributed by atoms with E-state index in [1.807, 2.05) is 4.98 Å². The maximum Gasteiger partial charge on any atom is 0.395 e. The number of H-pyrrole nitrogens is 1. The van der Waals surface area contributed by atoms with Gasteiger partial charge in [0, 0.05) is 24.9 Å². The van der Waals surface area contributed by atoms with Crippen LogP contribution in [0.4, 0.5) is 8.78 Å². The lowest BCUT2D eigenvalue weighted by molar-refractivity contribution is -0.354. The highest BCUT2D eigenvalue weighted by molar-refractivity contribution is 9.10. The second kappa shape index (κ2) is 10.4. The number of aliphatic hydroxyl groups is 1. The van der Waals surface area contributed by atoms with E-state index in [0.29, 0.717) is 5.39 Å². The molecule has 208 valence electrons. The summed E-state index contributed by atoms with van der Waals surface area (Å²) < 4.78 is 52.2. The number of fused-ring (bicyclic) bond motifs is 1. The molecule has 5 atom stereocenters. The van der Waals surface area contributed by atoms with Crippen molar-refractivity contribution in [1.29, 1.82) is 0 Å². The molecule has 0 amide bonds. The van der Waals surface area contributed by atoms with Gasteiger partial charge in [0.25, 0.3) is 17.1 Å². The van der Waals surface area contributed by atoms with Gasteiger partial charge in [0.15, 0.2) is 11.8 Å². The molecule has 0 bridgehead atoms. The van der Waals surface area contributed by atoms with Crippen molar-refractivity contribution in [3.63, 3.8) is 0 Å². The van der Waals surface area contributed by atoms with Gasteiger partial charge in [0.2, 0.25) is 5.75 Å². The molecule has 1 fully saturated rings. The van der Waals surface area contributed by atoms with E-state index in [2.05, 4.69) is 20.7 Å². The van der Waals surface area contributed by atoms with Crippen LogP contribution < -0.4 is 25.4 Å². The molecule has 12 nitrogen and oxygen atoms in total. The molecule has 1 aromatic heterocycles. The van der Waals surface area contributed by atoms with E-state index in [0.717, 1.165) is 13.1 Å². The molecule has 0 radical (unpaired) electrons. The molecule has 0 spiro atoms. The largest absolute Gasteiger partial charge is 0.575 e. The van der Waals surface area contributed by atoms with Crippen LogP contribution in [0.5, 0.6) is 11.5 Å². The Morgan fingerprint density at radius 1 is 1.33 bits per heavy atom. The maximum atomic E-state index is 16.5. The second-order valence-corrected chi connectivity index (χ2v) is 10.5. The van der Waals surface area contributed by atoms with Gasteiger partial charge < -0.3 is 24.6 Å². The molecule has 1 aliphatic rings. The van der Waals surface area contributed by atoms with Crippen molar-refractivity contribution in [3.8, 4) is 11.5 Å². The molecule has 3 N–H and O–H groups in total. The number of carboxylic acids is 1. The summed E-state index contributed by atoms with van der Waals surface area (Å²) in [6.07, 6.45) is -0.0269. The van der Waals surface area contributed by atoms with Crippen LogP contribution in [0, 0.1) is 0 Å². The minimum Gasteiger partial charge on any atom is -0.575 e. The van der Waals surface area contributed by atoms with Crippen LogP contribution in [0.3, 0.4) is 0 Å². The van der Waals surface area contributed by atoms with Gasteiger partial charge in [-0.1, -0.05) is 35.1 Å². The number of aromatic nitrogens is 2. The Balaban J connectivity index is 1.80. The highest BCUT2D eigenvalue weighted by Gasteiger charge is 2.72. The van der Waals surface area contributed by atoms with Crippen molar-refractivity contribution in [3.05, 3.63) is 67.9 Å². The second-order valence-electron chi connectivity index (χ2n) is 8.72. The molecule has 0 saturated carbocycles. The number of rotatable bonds is 8. The van der Waals surface area contributed by atoms with Crippen LogP contribution in [0.2, 0.25) is 0 Å². The van der Waals surface area contributed by atoms with E-state index in [-0.39, 0.29) is 20.2 Å². The topological polar surface area (TPSA) is 175 Å². The molecule has 2 heterocycles. The standard InChI is InChI=1S/C23H21BrF2N3O9P/c1-12(19(31)32)28-39(35)38-17-14-6-4-3-5-13(14)7-8-16(17)37-21(2,34)23(26)22(25,9-10-36-23)29-11-15(24)18(30)27-20(29)33/h3-8,11-12,34H,9-10H2,1-2H3,(H,31,32)(H,27,30,33)/t12-,21-,22+,23+/m0/s1. The first kappa shape index (κ1) is 28.8. The molecule has 0 aliphatic carbocycles. The number of aromatic amines is 1. The molecular formula is C23H21BrF2N3O9P. The summed E-state index contributed by atoms with van der Waals surface area (Å²) in [4.78, 5) is 49.6. The van der Waals surface area contributed by atoms with Crippen LogP contribution >= 0.6 is 24.1 Å². The fourth-order valence-corrected chi connectivity index (χ4v) is 5.12. The van der Waals surface area contributed by atoms with Crippen molar-refractivity contribution < 1.29 is 42.7 Å². The summed E-state index contributed by atoms with van der Waals surface area (Å²) in [6.45, 7) is 1.33. The first-order valence-corrected chi connectivity index (χ1v) is 13.2. The zero-order valence-corrected chi connectivity index (χ0v) is 22.7. The number of benzene rings is 2. The Morgan fingerprint density at radius 2 is 2.03 bits per heavy atom. The van der Waals surface area contributed by atoms with Gasteiger partial charge in [0.1, 0.15) is 0 Å². The molecular weight excluding hydrogens is 611 g/mol. The number of aliphatic carboxylic acids is 1. The first-order chi connectivity index (χ1) is 18.2. The number of nitrogens with zero attached hydrogens (tertiary/aromatic N) is 2. The molecule has 4 rings (SSSR count). The monoisotopic (exact) mass is 631 g/mol. The van der Waals surface area contributed by atoms with E-state index in [1.165, 1.54) is 25.1 Å². The fraction of sp³-hybridized carbons (Fsp3) is 0.348. The molecule has 1 saturated heterocycles. The Morgan fingerprint density at radius 3 is 2.72 bits per heavy atom. The number of carboxylic acid groups (broad SMARTS) is 1. The highest BCUT2D eigenvalue weighted by Crippen LogP contribution is 2.52.